The third-order valence-electron chi connectivity index (χ3n) is 6.80. The Morgan fingerprint density at radius 2 is 2.07 bits per heavy atom. The summed E-state index contributed by atoms with van der Waals surface area (Å²) in [5.41, 5.74) is 4.23. The molecule has 2 unspecified atom stereocenters. The lowest BCUT2D eigenvalue weighted by molar-refractivity contribution is -0.910. The Bertz CT molecular complexity index is 891. The van der Waals surface area contributed by atoms with Crippen molar-refractivity contribution in [2.24, 2.45) is 0 Å². The van der Waals surface area contributed by atoms with Crippen molar-refractivity contribution in [3.8, 4) is 0 Å². The number of fused-ring (bicyclic) bond motifs is 1. The Morgan fingerprint density at radius 1 is 1.25 bits per heavy atom. The van der Waals surface area contributed by atoms with Crippen molar-refractivity contribution >= 4 is 17.4 Å². The molecule has 0 spiro atoms. The van der Waals surface area contributed by atoms with Crippen molar-refractivity contribution in [1.82, 2.24) is 15.0 Å². The molecule has 28 heavy (non-hydrogen) atoms. The van der Waals surface area contributed by atoms with Gasteiger partial charge in [0.1, 0.15) is 11.6 Å². The number of hydrogen-bond acceptors (Lipinski definition) is 3. The lowest BCUT2D eigenvalue weighted by Crippen LogP contribution is -2.64. The molecule has 2 heterocycles. The summed E-state index contributed by atoms with van der Waals surface area (Å²) in [5, 5.41) is 0. The Balaban J connectivity index is 1.54. The van der Waals surface area contributed by atoms with E-state index in [1.807, 2.05) is 12.3 Å². The molecule has 2 aromatic heterocycles. The number of hydrogen-bond donors (Lipinski definition) is 1. The smallest absolute Gasteiger partial charge is 0.302 e. The Labute approximate surface area is 167 Å². The topological polar surface area (TPSA) is 58.6 Å². The van der Waals surface area contributed by atoms with E-state index in [2.05, 4.69) is 47.0 Å². The Hall–Kier alpha value is -2.27. The van der Waals surface area contributed by atoms with Gasteiger partial charge in [-0.2, -0.15) is 0 Å². The van der Waals surface area contributed by atoms with Gasteiger partial charge in [-0.1, -0.05) is 18.6 Å². The lowest BCUT2D eigenvalue weighted by Gasteiger charge is -2.48. The minimum absolute atomic E-state index is 0.235. The van der Waals surface area contributed by atoms with Crippen LogP contribution in [0.4, 0.5) is 0 Å². The fourth-order valence-corrected chi connectivity index (χ4v) is 5.25. The SMILES string of the molecule is CC(C)[N+](C=O)(C1C=CC(Cc2nccc3[nH]cnc23)=CC1)C1CCCCC1. The van der Waals surface area contributed by atoms with Crippen molar-refractivity contribution in [2.75, 3.05) is 0 Å². The number of carbonyl (C=O) groups excluding carboxylic acids is 1. The van der Waals surface area contributed by atoms with E-state index < -0.39 is 0 Å². The van der Waals surface area contributed by atoms with Crippen molar-refractivity contribution < 1.29 is 9.28 Å². The summed E-state index contributed by atoms with van der Waals surface area (Å²) in [4.78, 5) is 24.6. The maximum absolute atomic E-state index is 12.5. The Morgan fingerprint density at radius 3 is 2.75 bits per heavy atom. The molecule has 0 saturated heterocycles. The average molecular weight is 380 g/mol. The van der Waals surface area contributed by atoms with Crippen LogP contribution in [0, 0.1) is 0 Å². The summed E-state index contributed by atoms with van der Waals surface area (Å²) >= 11 is 0. The average Bonchev–Trinajstić information content (AvgIpc) is 3.21. The van der Waals surface area contributed by atoms with Crippen LogP contribution >= 0.6 is 0 Å². The van der Waals surface area contributed by atoms with E-state index in [9.17, 15) is 4.79 Å². The van der Waals surface area contributed by atoms with Crippen molar-refractivity contribution in [3.63, 3.8) is 0 Å². The molecular formula is C23H31N4O+. The molecule has 1 amide bonds. The van der Waals surface area contributed by atoms with Gasteiger partial charge in [-0.15, -0.1) is 0 Å². The van der Waals surface area contributed by atoms with Gasteiger partial charge in [0.25, 0.3) is 0 Å². The molecule has 2 aliphatic carbocycles. The quantitative estimate of drug-likeness (QED) is 0.595. The highest BCUT2D eigenvalue weighted by molar-refractivity contribution is 5.76. The van der Waals surface area contributed by atoms with E-state index in [0.29, 0.717) is 16.6 Å². The summed E-state index contributed by atoms with van der Waals surface area (Å²) < 4.78 is 0.577. The zero-order valence-corrected chi connectivity index (χ0v) is 17.0. The van der Waals surface area contributed by atoms with Gasteiger partial charge in [0.15, 0.2) is 0 Å². The zero-order chi connectivity index (χ0) is 19.6. The van der Waals surface area contributed by atoms with Crippen LogP contribution in [0.25, 0.3) is 11.0 Å². The molecule has 4 rings (SSSR count). The van der Waals surface area contributed by atoms with Crippen molar-refractivity contribution in [3.05, 3.63) is 48.1 Å². The van der Waals surface area contributed by atoms with Gasteiger partial charge in [0.05, 0.1) is 29.6 Å². The van der Waals surface area contributed by atoms with Crippen LogP contribution in [0.5, 0.6) is 0 Å². The molecule has 1 N–H and O–H groups in total. The number of nitrogens with zero attached hydrogens (tertiary/aromatic N) is 3. The molecule has 1 saturated carbocycles. The maximum atomic E-state index is 12.5. The van der Waals surface area contributed by atoms with Gasteiger partial charge < -0.3 is 4.98 Å². The van der Waals surface area contributed by atoms with Gasteiger partial charge in [-0.25, -0.2) is 9.78 Å². The van der Waals surface area contributed by atoms with Gasteiger partial charge >= 0.3 is 6.41 Å². The van der Waals surface area contributed by atoms with Crippen LogP contribution in [0.15, 0.2) is 42.4 Å². The number of imidazole rings is 1. The standard InChI is InChI=1S/C23H31N4O/c1-17(2)27(16-28,19-6-4-3-5-7-19)20-10-8-18(9-11-20)14-22-23-21(12-13-24-22)25-15-26-23/h8-10,12-13,15-17,19-20H,3-7,11,14H2,1-2H3,(H,25,26)/q+1. The zero-order valence-electron chi connectivity index (χ0n) is 17.0. The minimum Gasteiger partial charge on any atom is -0.344 e. The van der Waals surface area contributed by atoms with Crippen LogP contribution in [0.3, 0.4) is 0 Å². The van der Waals surface area contributed by atoms with E-state index in [1.54, 1.807) is 6.33 Å². The van der Waals surface area contributed by atoms with Gasteiger partial charge in [0.2, 0.25) is 0 Å². The molecule has 5 heteroatoms. The van der Waals surface area contributed by atoms with Crippen LogP contribution in [-0.2, 0) is 11.2 Å². The molecule has 0 aromatic carbocycles. The van der Waals surface area contributed by atoms with Crippen LogP contribution in [0.1, 0.15) is 58.1 Å². The first-order chi connectivity index (χ1) is 13.6. The number of quaternary nitrogens is 1. The molecule has 2 aromatic rings. The van der Waals surface area contributed by atoms with Crippen LogP contribution < -0.4 is 0 Å². The number of nitrogens with one attached hydrogen (secondary N) is 1. The fraction of sp³-hybridized carbons (Fsp3) is 0.522. The highest BCUT2D eigenvalue weighted by Crippen LogP contribution is 2.35. The predicted octanol–water partition coefficient (Wildman–Crippen LogP) is 4.47. The van der Waals surface area contributed by atoms with Gasteiger partial charge in [0, 0.05) is 19.0 Å². The number of rotatable bonds is 6. The first kappa shape index (κ1) is 19.1. The molecule has 5 nitrogen and oxygen atoms in total. The van der Waals surface area contributed by atoms with E-state index in [4.69, 9.17) is 0 Å². The second-order valence-electron chi connectivity index (χ2n) is 8.56. The molecule has 0 bridgehead atoms. The number of aromatic amines is 1. The third kappa shape index (κ3) is 3.32. The van der Waals surface area contributed by atoms with Crippen molar-refractivity contribution in [2.45, 2.75) is 76.9 Å². The normalized spacial score (nSPS) is 23.0. The van der Waals surface area contributed by atoms with Gasteiger partial charge in [-0.3, -0.25) is 9.47 Å². The van der Waals surface area contributed by atoms with E-state index in [1.165, 1.54) is 44.1 Å². The van der Waals surface area contributed by atoms with Crippen LogP contribution in [-0.4, -0.2) is 44.0 Å². The summed E-state index contributed by atoms with van der Waals surface area (Å²) in [6, 6.07) is 2.94. The number of amides is 1. The maximum Gasteiger partial charge on any atom is 0.302 e. The predicted molar refractivity (Wildman–Crippen MR) is 112 cm³/mol. The molecule has 0 radical (unpaired) electrons. The van der Waals surface area contributed by atoms with Crippen LogP contribution in [0.2, 0.25) is 0 Å². The van der Waals surface area contributed by atoms with E-state index >= 15 is 0 Å². The van der Waals surface area contributed by atoms with Gasteiger partial charge in [-0.05, 0) is 57.2 Å². The largest absolute Gasteiger partial charge is 0.344 e. The number of pyridine rings is 1. The monoisotopic (exact) mass is 379 g/mol. The lowest BCUT2D eigenvalue weighted by atomic mass is 9.87. The first-order valence-corrected chi connectivity index (χ1v) is 10.6. The molecule has 0 aliphatic heterocycles. The molecule has 1 fully saturated rings. The highest BCUT2D eigenvalue weighted by atomic mass is 16.1. The minimum atomic E-state index is 0.235. The summed E-state index contributed by atoms with van der Waals surface area (Å²) in [5.74, 6) is 0. The number of carbonyl (C=O) groups is 1. The first-order valence-electron chi connectivity index (χ1n) is 10.6. The van der Waals surface area contributed by atoms with E-state index in [0.717, 1.165) is 29.6 Å². The molecule has 2 atom stereocenters. The second-order valence-corrected chi connectivity index (χ2v) is 8.56. The number of aromatic nitrogens is 3. The number of H-pyrrole nitrogens is 1. The second kappa shape index (κ2) is 8.00. The highest BCUT2D eigenvalue weighted by Gasteiger charge is 2.46. The summed E-state index contributed by atoms with van der Waals surface area (Å²) in [6.07, 6.45) is 19.4. The third-order valence-corrected chi connectivity index (χ3v) is 6.80. The Kier molecular flexibility index (Phi) is 5.44. The van der Waals surface area contributed by atoms with Crippen molar-refractivity contribution in [1.29, 1.82) is 0 Å². The molecular weight excluding hydrogens is 348 g/mol. The molecule has 148 valence electrons. The van der Waals surface area contributed by atoms with E-state index in [-0.39, 0.29) is 6.04 Å². The number of allylic oxidation sites excluding steroid dienone is 2. The summed E-state index contributed by atoms with van der Waals surface area (Å²) in [6.45, 7) is 4.41. The molecule has 2 aliphatic rings. The summed E-state index contributed by atoms with van der Waals surface area (Å²) in [7, 11) is 0. The fourth-order valence-electron chi connectivity index (χ4n) is 5.25.